The summed E-state index contributed by atoms with van der Waals surface area (Å²) in [5.41, 5.74) is 0.447. The number of hydrogen-bond donors (Lipinski definition) is 2. The first-order chi connectivity index (χ1) is 8.01. The van der Waals surface area contributed by atoms with Gasteiger partial charge >= 0.3 is 5.97 Å². The molecule has 0 heterocycles. The van der Waals surface area contributed by atoms with Crippen molar-refractivity contribution in [2.75, 3.05) is 7.11 Å². The van der Waals surface area contributed by atoms with Gasteiger partial charge in [0.05, 0.1) is 7.11 Å². The largest absolute Gasteiger partial charge is 0.496 e. The number of benzene rings is 1. The zero-order valence-corrected chi connectivity index (χ0v) is 9.64. The van der Waals surface area contributed by atoms with E-state index < -0.39 is 12.1 Å². The van der Waals surface area contributed by atoms with Crippen molar-refractivity contribution in [1.29, 1.82) is 0 Å². The summed E-state index contributed by atoms with van der Waals surface area (Å²) in [7, 11) is 1.37. The van der Waals surface area contributed by atoms with E-state index in [0.717, 1.165) is 0 Å². The standard InChI is InChI=1S/C12H14O5/c1-3-9(13)7-4-5-10(17-2)8(6-7)11(14)12(15)16/h4-6,11,14H,3H2,1-2H3,(H,15,16). The summed E-state index contributed by atoms with van der Waals surface area (Å²) in [6.07, 6.45) is -1.39. The first-order valence-corrected chi connectivity index (χ1v) is 5.13. The van der Waals surface area contributed by atoms with E-state index in [1.165, 1.54) is 19.2 Å². The van der Waals surface area contributed by atoms with Gasteiger partial charge in [0.1, 0.15) is 5.75 Å². The fraction of sp³-hybridized carbons (Fsp3) is 0.333. The van der Waals surface area contributed by atoms with Crippen LogP contribution in [0.25, 0.3) is 0 Å². The Morgan fingerprint density at radius 2 is 2.06 bits per heavy atom. The van der Waals surface area contributed by atoms with Crippen molar-refractivity contribution in [2.24, 2.45) is 0 Å². The number of carboxylic acids is 1. The van der Waals surface area contributed by atoms with Gasteiger partial charge in [0.15, 0.2) is 11.9 Å². The molecule has 1 aromatic carbocycles. The van der Waals surface area contributed by atoms with E-state index in [-0.39, 0.29) is 17.1 Å². The topological polar surface area (TPSA) is 83.8 Å². The average Bonchev–Trinajstić information content (AvgIpc) is 2.35. The van der Waals surface area contributed by atoms with Crippen LogP contribution in [0.3, 0.4) is 0 Å². The van der Waals surface area contributed by atoms with Crippen molar-refractivity contribution in [2.45, 2.75) is 19.4 Å². The molecule has 0 aromatic heterocycles. The molecule has 5 nitrogen and oxygen atoms in total. The van der Waals surface area contributed by atoms with Crippen LogP contribution in [0.15, 0.2) is 18.2 Å². The predicted octanol–water partition coefficient (Wildman–Crippen LogP) is 1.41. The minimum absolute atomic E-state index is 0.0827. The Bertz CT molecular complexity index is 439. The number of Topliss-reactive ketones (excluding diaryl/α,β-unsaturated/α-hetero) is 1. The first-order valence-electron chi connectivity index (χ1n) is 5.13. The summed E-state index contributed by atoms with van der Waals surface area (Å²) in [6, 6.07) is 4.37. The second-order valence-corrected chi connectivity index (χ2v) is 3.47. The first kappa shape index (κ1) is 13.2. The number of ether oxygens (including phenoxy) is 1. The third kappa shape index (κ3) is 2.82. The Balaban J connectivity index is 3.24. The monoisotopic (exact) mass is 238 g/mol. The molecule has 0 aliphatic carbocycles. The highest BCUT2D eigenvalue weighted by Gasteiger charge is 2.21. The maximum atomic E-state index is 11.5. The number of ketones is 1. The minimum atomic E-state index is -1.70. The van der Waals surface area contributed by atoms with Crippen LogP contribution in [0.4, 0.5) is 0 Å². The number of aliphatic hydroxyl groups excluding tert-OH is 1. The Kier molecular flexibility index (Phi) is 4.23. The Labute approximate surface area is 98.6 Å². The van der Waals surface area contributed by atoms with Crippen LogP contribution < -0.4 is 4.74 Å². The summed E-state index contributed by atoms with van der Waals surface area (Å²) >= 11 is 0. The van der Waals surface area contributed by atoms with E-state index in [1.807, 2.05) is 0 Å². The summed E-state index contributed by atoms with van der Waals surface area (Å²) in [6.45, 7) is 1.71. The van der Waals surface area contributed by atoms with Crippen molar-refractivity contribution in [3.8, 4) is 5.75 Å². The molecule has 0 fully saturated rings. The lowest BCUT2D eigenvalue weighted by Crippen LogP contribution is -2.12. The molecule has 0 saturated carbocycles. The van der Waals surface area contributed by atoms with Gasteiger partial charge in [-0.2, -0.15) is 0 Å². The van der Waals surface area contributed by atoms with Crippen LogP contribution >= 0.6 is 0 Å². The zero-order chi connectivity index (χ0) is 13.0. The van der Waals surface area contributed by atoms with E-state index in [9.17, 15) is 14.7 Å². The maximum absolute atomic E-state index is 11.5. The van der Waals surface area contributed by atoms with Gasteiger partial charge in [0.25, 0.3) is 0 Å². The smallest absolute Gasteiger partial charge is 0.337 e. The molecule has 0 saturated heterocycles. The van der Waals surface area contributed by atoms with E-state index in [1.54, 1.807) is 13.0 Å². The van der Waals surface area contributed by atoms with Crippen molar-refractivity contribution in [3.05, 3.63) is 29.3 Å². The molecule has 0 spiro atoms. The number of aliphatic carboxylic acids is 1. The molecule has 1 aromatic rings. The van der Waals surface area contributed by atoms with Crippen molar-refractivity contribution in [3.63, 3.8) is 0 Å². The fourth-order valence-corrected chi connectivity index (χ4v) is 1.46. The summed E-state index contributed by atoms with van der Waals surface area (Å²) in [5.74, 6) is -1.26. The van der Waals surface area contributed by atoms with Crippen LogP contribution in [0.1, 0.15) is 35.4 Å². The molecule has 1 atom stereocenters. The zero-order valence-electron chi connectivity index (χ0n) is 9.64. The molecule has 5 heteroatoms. The van der Waals surface area contributed by atoms with E-state index in [2.05, 4.69) is 0 Å². The number of methoxy groups -OCH3 is 1. The lowest BCUT2D eigenvalue weighted by Gasteiger charge is -2.12. The molecule has 2 N–H and O–H groups in total. The summed E-state index contributed by atoms with van der Waals surface area (Å²) in [4.78, 5) is 22.2. The number of hydrogen-bond acceptors (Lipinski definition) is 4. The molecule has 0 amide bonds. The van der Waals surface area contributed by atoms with Gasteiger partial charge in [-0.25, -0.2) is 4.79 Å². The highest BCUT2D eigenvalue weighted by Crippen LogP contribution is 2.27. The maximum Gasteiger partial charge on any atom is 0.337 e. The Morgan fingerprint density at radius 1 is 1.41 bits per heavy atom. The van der Waals surface area contributed by atoms with Gasteiger partial charge < -0.3 is 14.9 Å². The highest BCUT2D eigenvalue weighted by molar-refractivity contribution is 5.96. The Hall–Kier alpha value is -1.88. The number of carbonyl (C=O) groups is 2. The molecule has 1 rings (SSSR count). The van der Waals surface area contributed by atoms with Crippen LogP contribution in [0.5, 0.6) is 5.75 Å². The molecule has 1 unspecified atom stereocenters. The summed E-state index contributed by atoms with van der Waals surface area (Å²) < 4.78 is 4.95. The fourth-order valence-electron chi connectivity index (χ4n) is 1.46. The SMILES string of the molecule is CCC(=O)c1ccc(OC)c(C(O)C(=O)O)c1. The quantitative estimate of drug-likeness (QED) is 0.757. The molecule has 92 valence electrons. The molecular weight excluding hydrogens is 224 g/mol. The van der Waals surface area contributed by atoms with E-state index in [4.69, 9.17) is 9.84 Å². The molecule has 0 bridgehead atoms. The number of carbonyl (C=O) groups excluding carboxylic acids is 1. The molecule has 17 heavy (non-hydrogen) atoms. The van der Waals surface area contributed by atoms with E-state index >= 15 is 0 Å². The van der Waals surface area contributed by atoms with Crippen LogP contribution in [0, 0.1) is 0 Å². The van der Waals surface area contributed by atoms with Gasteiger partial charge in [0, 0.05) is 17.5 Å². The number of carboxylic acid groups (broad SMARTS) is 1. The van der Waals surface area contributed by atoms with Gasteiger partial charge in [-0.05, 0) is 18.2 Å². The van der Waals surface area contributed by atoms with Gasteiger partial charge in [-0.15, -0.1) is 0 Å². The molecule has 0 radical (unpaired) electrons. The second kappa shape index (κ2) is 5.45. The predicted molar refractivity (Wildman–Crippen MR) is 60.2 cm³/mol. The van der Waals surface area contributed by atoms with Gasteiger partial charge in [-0.3, -0.25) is 4.79 Å². The normalized spacial score (nSPS) is 11.9. The lowest BCUT2D eigenvalue weighted by molar-refractivity contribution is -0.147. The second-order valence-electron chi connectivity index (χ2n) is 3.47. The third-order valence-corrected chi connectivity index (χ3v) is 2.40. The lowest BCUT2D eigenvalue weighted by atomic mass is 10.0. The number of rotatable bonds is 5. The third-order valence-electron chi connectivity index (χ3n) is 2.40. The van der Waals surface area contributed by atoms with Crippen LogP contribution in [0.2, 0.25) is 0 Å². The minimum Gasteiger partial charge on any atom is -0.496 e. The van der Waals surface area contributed by atoms with Crippen molar-refractivity contribution in [1.82, 2.24) is 0 Å². The molecule has 0 aliphatic heterocycles. The Morgan fingerprint density at radius 3 is 2.53 bits per heavy atom. The number of aliphatic hydroxyl groups is 1. The summed E-state index contributed by atoms with van der Waals surface area (Å²) in [5, 5.41) is 18.2. The van der Waals surface area contributed by atoms with E-state index in [0.29, 0.717) is 12.0 Å². The van der Waals surface area contributed by atoms with Crippen molar-refractivity contribution < 1.29 is 24.5 Å². The van der Waals surface area contributed by atoms with Crippen molar-refractivity contribution >= 4 is 11.8 Å². The average molecular weight is 238 g/mol. The van der Waals surface area contributed by atoms with Crippen LogP contribution in [-0.2, 0) is 4.79 Å². The molecule has 0 aliphatic rings. The van der Waals surface area contributed by atoms with Gasteiger partial charge in [-0.1, -0.05) is 6.92 Å². The van der Waals surface area contributed by atoms with Crippen LogP contribution in [-0.4, -0.2) is 29.1 Å². The highest BCUT2D eigenvalue weighted by atomic mass is 16.5. The van der Waals surface area contributed by atoms with Gasteiger partial charge in [0.2, 0.25) is 0 Å². The molecular formula is C12H14O5.